The molecule has 0 amide bonds. The van der Waals surface area contributed by atoms with Crippen molar-refractivity contribution in [1.82, 2.24) is 15.4 Å². The standard InChI is InChI=1S/C12H16N4S/c1-8-5-9(2)12(15-7-8)10(16-13)6-11-14-3-4-17-11/h3-5,7,10,16H,6,13H2,1-2H3. The largest absolute Gasteiger partial charge is 0.271 e. The van der Waals surface area contributed by atoms with Gasteiger partial charge in [0.05, 0.1) is 16.7 Å². The fourth-order valence-corrected chi connectivity index (χ4v) is 2.52. The molecule has 0 aliphatic carbocycles. The van der Waals surface area contributed by atoms with Gasteiger partial charge in [0, 0.05) is 24.2 Å². The number of hydrogen-bond donors (Lipinski definition) is 2. The molecule has 90 valence electrons. The molecule has 2 aromatic rings. The average molecular weight is 248 g/mol. The molecule has 0 spiro atoms. The average Bonchev–Trinajstić information content (AvgIpc) is 2.79. The van der Waals surface area contributed by atoms with Crippen LogP contribution in [0, 0.1) is 13.8 Å². The Morgan fingerprint density at radius 2 is 2.24 bits per heavy atom. The van der Waals surface area contributed by atoms with Gasteiger partial charge in [-0.1, -0.05) is 6.07 Å². The van der Waals surface area contributed by atoms with E-state index in [1.807, 2.05) is 24.7 Å². The Kier molecular flexibility index (Phi) is 3.83. The van der Waals surface area contributed by atoms with Crippen LogP contribution in [-0.4, -0.2) is 9.97 Å². The lowest BCUT2D eigenvalue weighted by Crippen LogP contribution is -2.30. The van der Waals surface area contributed by atoms with E-state index in [4.69, 9.17) is 5.84 Å². The zero-order valence-electron chi connectivity index (χ0n) is 9.97. The van der Waals surface area contributed by atoms with Crippen molar-refractivity contribution in [3.63, 3.8) is 0 Å². The van der Waals surface area contributed by atoms with E-state index in [0.29, 0.717) is 0 Å². The maximum atomic E-state index is 5.62. The zero-order valence-corrected chi connectivity index (χ0v) is 10.8. The maximum absolute atomic E-state index is 5.62. The van der Waals surface area contributed by atoms with Crippen molar-refractivity contribution in [2.24, 2.45) is 5.84 Å². The lowest BCUT2D eigenvalue weighted by Gasteiger charge is -2.16. The molecule has 2 aromatic heterocycles. The van der Waals surface area contributed by atoms with Gasteiger partial charge in [-0.15, -0.1) is 11.3 Å². The molecule has 0 saturated carbocycles. The summed E-state index contributed by atoms with van der Waals surface area (Å²) in [5.74, 6) is 5.62. The first-order valence-electron chi connectivity index (χ1n) is 5.48. The molecule has 0 bridgehead atoms. The minimum absolute atomic E-state index is 0.0155. The quantitative estimate of drug-likeness (QED) is 0.641. The van der Waals surface area contributed by atoms with Gasteiger partial charge in [0.1, 0.15) is 0 Å². The summed E-state index contributed by atoms with van der Waals surface area (Å²) >= 11 is 1.64. The van der Waals surface area contributed by atoms with Gasteiger partial charge in [0.15, 0.2) is 0 Å². The second-order valence-corrected chi connectivity index (χ2v) is 5.04. The molecule has 4 nitrogen and oxygen atoms in total. The van der Waals surface area contributed by atoms with Crippen LogP contribution in [0.2, 0.25) is 0 Å². The van der Waals surface area contributed by atoms with Crippen LogP contribution in [0.3, 0.4) is 0 Å². The summed E-state index contributed by atoms with van der Waals surface area (Å²) in [4.78, 5) is 8.74. The zero-order chi connectivity index (χ0) is 12.3. The topological polar surface area (TPSA) is 63.8 Å². The SMILES string of the molecule is Cc1cnc(C(Cc2nccs2)NN)c(C)c1. The van der Waals surface area contributed by atoms with Gasteiger partial charge < -0.3 is 0 Å². The summed E-state index contributed by atoms with van der Waals surface area (Å²) in [5.41, 5.74) is 6.14. The predicted octanol–water partition coefficient (Wildman–Crippen LogP) is 1.90. The maximum Gasteiger partial charge on any atom is 0.0944 e. The number of rotatable bonds is 4. The normalized spacial score (nSPS) is 12.6. The molecule has 17 heavy (non-hydrogen) atoms. The molecule has 0 fully saturated rings. The highest BCUT2D eigenvalue weighted by Crippen LogP contribution is 2.20. The molecule has 5 heteroatoms. The Hall–Kier alpha value is -1.30. The van der Waals surface area contributed by atoms with Gasteiger partial charge in [-0.05, 0) is 25.0 Å². The number of aromatic nitrogens is 2. The highest BCUT2D eigenvalue weighted by molar-refractivity contribution is 7.09. The molecule has 2 rings (SSSR count). The molecular formula is C12H16N4S. The lowest BCUT2D eigenvalue weighted by atomic mass is 10.0. The molecular weight excluding hydrogens is 232 g/mol. The predicted molar refractivity (Wildman–Crippen MR) is 69.6 cm³/mol. The number of aryl methyl sites for hydroxylation is 2. The van der Waals surface area contributed by atoms with Gasteiger partial charge in [0.2, 0.25) is 0 Å². The number of nitrogens with two attached hydrogens (primary N) is 1. The molecule has 0 aliphatic rings. The molecule has 1 atom stereocenters. The molecule has 0 aromatic carbocycles. The smallest absolute Gasteiger partial charge is 0.0944 e. The number of nitrogens with one attached hydrogen (secondary N) is 1. The highest BCUT2D eigenvalue weighted by atomic mass is 32.1. The summed E-state index contributed by atoms with van der Waals surface area (Å²) in [5, 5.41) is 3.04. The first kappa shape index (κ1) is 12.2. The minimum atomic E-state index is 0.0155. The fraction of sp³-hybridized carbons (Fsp3) is 0.333. The summed E-state index contributed by atoms with van der Waals surface area (Å²) in [7, 11) is 0. The van der Waals surface area contributed by atoms with Crippen molar-refractivity contribution in [1.29, 1.82) is 0 Å². The Balaban J connectivity index is 2.23. The third-order valence-electron chi connectivity index (χ3n) is 2.65. The first-order valence-corrected chi connectivity index (χ1v) is 6.36. The Morgan fingerprint density at radius 3 is 2.82 bits per heavy atom. The van der Waals surface area contributed by atoms with Gasteiger partial charge in [-0.3, -0.25) is 16.3 Å². The van der Waals surface area contributed by atoms with Gasteiger partial charge in [-0.2, -0.15) is 0 Å². The van der Waals surface area contributed by atoms with Crippen LogP contribution in [0.5, 0.6) is 0 Å². The Labute approximate surface area is 105 Å². The van der Waals surface area contributed by atoms with E-state index >= 15 is 0 Å². The van der Waals surface area contributed by atoms with Crippen LogP contribution in [0.25, 0.3) is 0 Å². The second-order valence-electron chi connectivity index (χ2n) is 4.06. The van der Waals surface area contributed by atoms with Crippen LogP contribution in [0.15, 0.2) is 23.8 Å². The summed E-state index contributed by atoms with van der Waals surface area (Å²) in [6.45, 7) is 4.09. The van der Waals surface area contributed by atoms with E-state index in [-0.39, 0.29) is 6.04 Å². The summed E-state index contributed by atoms with van der Waals surface area (Å²) in [6.07, 6.45) is 4.45. The minimum Gasteiger partial charge on any atom is -0.271 e. The first-order chi connectivity index (χ1) is 8.20. The van der Waals surface area contributed by atoms with Gasteiger partial charge in [-0.25, -0.2) is 4.98 Å². The fourth-order valence-electron chi connectivity index (χ4n) is 1.85. The van der Waals surface area contributed by atoms with E-state index in [0.717, 1.165) is 28.2 Å². The number of pyridine rings is 1. The molecule has 0 aliphatic heterocycles. The van der Waals surface area contributed by atoms with E-state index in [9.17, 15) is 0 Å². The van der Waals surface area contributed by atoms with Crippen LogP contribution < -0.4 is 11.3 Å². The van der Waals surface area contributed by atoms with E-state index in [1.54, 1.807) is 11.3 Å². The molecule has 2 heterocycles. The molecule has 3 N–H and O–H groups in total. The molecule has 1 unspecified atom stereocenters. The number of hydrogen-bond acceptors (Lipinski definition) is 5. The van der Waals surface area contributed by atoms with Gasteiger partial charge >= 0.3 is 0 Å². The van der Waals surface area contributed by atoms with Crippen molar-refractivity contribution >= 4 is 11.3 Å². The second kappa shape index (κ2) is 5.35. The number of hydrazine groups is 1. The van der Waals surface area contributed by atoms with Crippen molar-refractivity contribution in [2.75, 3.05) is 0 Å². The van der Waals surface area contributed by atoms with Crippen LogP contribution in [0.1, 0.15) is 27.9 Å². The van der Waals surface area contributed by atoms with E-state index < -0.39 is 0 Å². The van der Waals surface area contributed by atoms with E-state index in [1.165, 1.54) is 0 Å². The van der Waals surface area contributed by atoms with Crippen molar-refractivity contribution in [3.8, 4) is 0 Å². The number of nitrogens with zero attached hydrogens (tertiary/aromatic N) is 2. The van der Waals surface area contributed by atoms with Crippen molar-refractivity contribution < 1.29 is 0 Å². The van der Waals surface area contributed by atoms with Crippen LogP contribution in [-0.2, 0) is 6.42 Å². The van der Waals surface area contributed by atoms with Gasteiger partial charge in [0.25, 0.3) is 0 Å². The summed E-state index contributed by atoms with van der Waals surface area (Å²) in [6, 6.07) is 2.14. The Morgan fingerprint density at radius 1 is 1.41 bits per heavy atom. The van der Waals surface area contributed by atoms with Crippen molar-refractivity contribution in [2.45, 2.75) is 26.3 Å². The summed E-state index contributed by atoms with van der Waals surface area (Å²) < 4.78 is 0. The third-order valence-corrected chi connectivity index (χ3v) is 3.45. The monoisotopic (exact) mass is 248 g/mol. The molecule has 0 radical (unpaired) electrons. The van der Waals surface area contributed by atoms with Crippen LogP contribution in [0.4, 0.5) is 0 Å². The third kappa shape index (κ3) is 2.88. The Bertz CT molecular complexity index is 481. The van der Waals surface area contributed by atoms with E-state index in [2.05, 4.69) is 28.4 Å². The lowest BCUT2D eigenvalue weighted by molar-refractivity contribution is 0.534. The van der Waals surface area contributed by atoms with Crippen LogP contribution >= 0.6 is 11.3 Å². The molecule has 0 saturated heterocycles. The van der Waals surface area contributed by atoms with Crippen molar-refractivity contribution in [3.05, 3.63) is 45.7 Å². The highest BCUT2D eigenvalue weighted by Gasteiger charge is 2.15. The number of thiazole rings is 1.